The molecule has 0 aliphatic carbocycles. The Morgan fingerprint density at radius 2 is 1.83 bits per heavy atom. The number of amides is 3. The van der Waals surface area contributed by atoms with Gasteiger partial charge >= 0.3 is 0 Å². The first-order valence-electron chi connectivity index (χ1n) is 9.23. The van der Waals surface area contributed by atoms with Crippen molar-refractivity contribution in [1.29, 1.82) is 0 Å². The number of carbonyl (C=O) groups excluding carboxylic acids is 3. The van der Waals surface area contributed by atoms with Crippen molar-refractivity contribution in [1.82, 2.24) is 5.32 Å². The molecule has 0 saturated carbocycles. The van der Waals surface area contributed by atoms with Crippen LogP contribution in [0.4, 0.5) is 11.4 Å². The number of nitrogens with one attached hydrogen (secondary N) is 2. The summed E-state index contributed by atoms with van der Waals surface area (Å²) in [6.45, 7) is 3.91. The maximum Gasteiger partial charge on any atom is 0.253 e. The smallest absolute Gasteiger partial charge is 0.253 e. The molecule has 1 fully saturated rings. The largest absolute Gasteiger partial charge is 0.350 e. The summed E-state index contributed by atoms with van der Waals surface area (Å²) in [6, 6.07) is 11.8. The van der Waals surface area contributed by atoms with Crippen molar-refractivity contribution in [2.75, 3.05) is 16.8 Å². The lowest BCUT2D eigenvalue weighted by Gasteiger charge is -2.19. The van der Waals surface area contributed by atoms with Crippen LogP contribution < -0.4 is 15.5 Å². The second-order valence-corrected chi connectivity index (χ2v) is 7.93. The van der Waals surface area contributed by atoms with Gasteiger partial charge in [0.25, 0.3) is 5.91 Å². The van der Waals surface area contributed by atoms with Crippen LogP contribution in [0.5, 0.6) is 0 Å². The number of hydrogen-bond acceptors (Lipinski definition) is 3. The minimum absolute atomic E-state index is 0.0327. The van der Waals surface area contributed by atoms with Crippen LogP contribution in [0.15, 0.2) is 42.5 Å². The van der Waals surface area contributed by atoms with Crippen LogP contribution in [0.1, 0.15) is 30.6 Å². The molecule has 0 unspecified atom stereocenters. The Morgan fingerprint density at radius 1 is 1.10 bits per heavy atom. The van der Waals surface area contributed by atoms with Gasteiger partial charge in [0, 0.05) is 19.0 Å². The van der Waals surface area contributed by atoms with Crippen molar-refractivity contribution in [3.05, 3.63) is 58.1 Å². The maximum absolute atomic E-state index is 12.8. The van der Waals surface area contributed by atoms with Gasteiger partial charge < -0.3 is 15.5 Å². The second kappa shape index (κ2) is 8.84. The fourth-order valence-corrected chi connectivity index (χ4v) is 3.58. The first-order valence-corrected chi connectivity index (χ1v) is 9.98. The molecule has 1 aliphatic heterocycles. The van der Waals surface area contributed by atoms with Gasteiger partial charge in [-0.25, -0.2) is 0 Å². The molecular weight excluding hydrogens is 413 g/mol. The lowest BCUT2D eigenvalue weighted by atomic mass is 10.1. The number of rotatable bonds is 5. The average Bonchev–Trinajstić information content (AvgIpc) is 3.05. The topological polar surface area (TPSA) is 78.5 Å². The van der Waals surface area contributed by atoms with Gasteiger partial charge in [0.2, 0.25) is 11.8 Å². The van der Waals surface area contributed by atoms with Gasteiger partial charge in [0.05, 0.1) is 32.9 Å². The standard InChI is InChI=1S/C21H21Cl2N3O3/c1-12(2)24-21(29)14-6-3-4-8-16(14)25-20(28)13-10-18(27)26(11-13)17-9-5-7-15(22)19(17)23/h3-9,12-13H,10-11H2,1-2H3,(H,24,29)(H,25,28)/t13-/m1/s1. The zero-order valence-electron chi connectivity index (χ0n) is 16.0. The second-order valence-electron chi connectivity index (χ2n) is 7.14. The molecule has 2 aromatic rings. The van der Waals surface area contributed by atoms with Crippen molar-refractivity contribution in [2.24, 2.45) is 5.92 Å². The summed E-state index contributed by atoms with van der Waals surface area (Å²) in [5.74, 6) is -1.38. The van der Waals surface area contributed by atoms with Crippen LogP contribution in [0.3, 0.4) is 0 Å². The Balaban J connectivity index is 1.75. The van der Waals surface area contributed by atoms with Gasteiger partial charge in [0.1, 0.15) is 0 Å². The number of anilines is 2. The molecule has 152 valence electrons. The van der Waals surface area contributed by atoms with E-state index >= 15 is 0 Å². The third kappa shape index (κ3) is 4.71. The van der Waals surface area contributed by atoms with Crippen LogP contribution in [-0.4, -0.2) is 30.3 Å². The van der Waals surface area contributed by atoms with Crippen LogP contribution in [0.2, 0.25) is 10.0 Å². The van der Waals surface area contributed by atoms with E-state index in [0.717, 1.165) is 0 Å². The van der Waals surface area contributed by atoms with Gasteiger partial charge in [0.15, 0.2) is 0 Å². The fraction of sp³-hybridized carbons (Fsp3) is 0.286. The van der Waals surface area contributed by atoms with Crippen molar-refractivity contribution in [2.45, 2.75) is 26.3 Å². The third-order valence-electron chi connectivity index (χ3n) is 4.57. The molecule has 8 heteroatoms. The van der Waals surface area contributed by atoms with Gasteiger partial charge in [-0.05, 0) is 38.1 Å². The van der Waals surface area contributed by atoms with Crippen LogP contribution >= 0.6 is 23.2 Å². The van der Waals surface area contributed by atoms with E-state index in [-0.39, 0.29) is 41.8 Å². The summed E-state index contributed by atoms with van der Waals surface area (Å²) in [5, 5.41) is 6.22. The van der Waals surface area contributed by atoms with E-state index in [2.05, 4.69) is 10.6 Å². The lowest BCUT2D eigenvalue weighted by molar-refractivity contribution is -0.122. The highest BCUT2D eigenvalue weighted by atomic mass is 35.5. The number of para-hydroxylation sites is 1. The van der Waals surface area contributed by atoms with E-state index in [0.29, 0.717) is 22.0 Å². The number of hydrogen-bond donors (Lipinski definition) is 2. The van der Waals surface area contributed by atoms with E-state index in [1.165, 1.54) is 4.90 Å². The van der Waals surface area contributed by atoms with Gasteiger partial charge in [-0.1, -0.05) is 41.4 Å². The molecule has 0 aromatic heterocycles. The quantitative estimate of drug-likeness (QED) is 0.743. The molecule has 0 radical (unpaired) electrons. The Labute approximate surface area is 179 Å². The van der Waals surface area contributed by atoms with Crippen molar-refractivity contribution in [3.63, 3.8) is 0 Å². The highest BCUT2D eigenvalue weighted by Gasteiger charge is 2.36. The molecular formula is C21H21Cl2N3O3. The van der Waals surface area contributed by atoms with Crippen molar-refractivity contribution in [3.8, 4) is 0 Å². The van der Waals surface area contributed by atoms with E-state index in [4.69, 9.17) is 23.2 Å². The molecule has 29 heavy (non-hydrogen) atoms. The van der Waals surface area contributed by atoms with E-state index in [9.17, 15) is 14.4 Å². The average molecular weight is 434 g/mol. The molecule has 0 spiro atoms. The highest BCUT2D eigenvalue weighted by Crippen LogP contribution is 2.36. The predicted octanol–water partition coefficient (Wildman–Crippen LogP) is 4.12. The van der Waals surface area contributed by atoms with Gasteiger partial charge in [-0.3, -0.25) is 14.4 Å². The number of halogens is 2. The van der Waals surface area contributed by atoms with E-state index in [1.54, 1.807) is 42.5 Å². The molecule has 2 aromatic carbocycles. The molecule has 0 bridgehead atoms. The molecule has 1 saturated heterocycles. The van der Waals surface area contributed by atoms with Crippen LogP contribution in [0.25, 0.3) is 0 Å². The van der Waals surface area contributed by atoms with Gasteiger partial charge in [-0.2, -0.15) is 0 Å². The zero-order valence-corrected chi connectivity index (χ0v) is 17.6. The zero-order chi connectivity index (χ0) is 21.1. The SMILES string of the molecule is CC(C)NC(=O)c1ccccc1NC(=O)[C@@H]1CC(=O)N(c2cccc(Cl)c2Cl)C1. The minimum Gasteiger partial charge on any atom is -0.350 e. The predicted molar refractivity (Wildman–Crippen MR) is 115 cm³/mol. The molecule has 2 N–H and O–H groups in total. The van der Waals surface area contributed by atoms with E-state index in [1.807, 2.05) is 13.8 Å². The summed E-state index contributed by atoms with van der Waals surface area (Å²) in [5.41, 5.74) is 1.26. The Bertz CT molecular complexity index is 962. The summed E-state index contributed by atoms with van der Waals surface area (Å²) in [6.07, 6.45) is 0.0506. The summed E-state index contributed by atoms with van der Waals surface area (Å²) in [7, 11) is 0. The number of carbonyl (C=O) groups is 3. The maximum atomic E-state index is 12.8. The normalized spacial score (nSPS) is 16.2. The third-order valence-corrected chi connectivity index (χ3v) is 5.38. The molecule has 1 aliphatic rings. The summed E-state index contributed by atoms with van der Waals surface area (Å²) >= 11 is 12.3. The van der Waals surface area contributed by atoms with Crippen LogP contribution in [-0.2, 0) is 9.59 Å². The molecule has 1 atom stereocenters. The summed E-state index contributed by atoms with van der Waals surface area (Å²) in [4.78, 5) is 39.1. The van der Waals surface area contributed by atoms with Gasteiger partial charge in [-0.15, -0.1) is 0 Å². The highest BCUT2D eigenvalue weighted by molar-refractivity contribution is 6.44. The van der Waals surface area contributed by atoms with Crippen molar-refractivity contribution >= 4 is 52.3 Å². The first kappa shape index (κ1) is 21.1. The van der Waals surface area contributed by atoms with Crippen LogP contribution in [0, 0.1) is 5.92 Å². The van der Waals surface area contributed by atoms with E-state index < -0.39 is 5.92 Å². The lowest BCUT2D eigenvalue weighted by Crippen LogP contribution is -2.32. The number of nitrogens with zero attached hydrogens (tertiary/aromatic N) is 1. The first-order chi connectivity index (χ1) is 13.8. The Hall–Kier alpha value is -2.57. The monoisotopic (exact) mass is 433 g/mol. The summed E-state index contributed by atoms with van der Waals surface area (Å²) < 4.78 is 0. The minimum atomic E-state index is -0.571. The molecule has 3 rings (SSSR count). The Morgan fingerprint density at radius 3 is 2.55 bits per heavy atom. The fourth-order valence-electron chi connectivity index (χ4n) is 3.18. The molecule has 3 amide bonds. The molecule has 1 heterocycles. The Kier molecular flexibility index (Phi) is 6.45. The van der Waals surface area contributed by atoms with Crippen molar-refractivity contribution < 1.29 is 14.4 Å². The molecule has 6 nitrogen and oxygen atoms in total. The number of benzene rings is 2.